The molecule has 4 nitrogen and oxygen atoms in total. The smallest absolute Gasteiger partial charge is 0.285 e. The molecule has 2 aromatic rings. The molecule has 1 aromatic carbocycles. The van der Waals surface area contributed by atoms with Gasteiger partial charge in [0.15, 0.2) is 0 Å². The van der Waals surface area contributed by atoms with Crippen LogP contribution in [0.25, 0.3) is 0 Å². The average Bonchev–Trinajstić information content (AvgIpc) is 2.40. The predicted molar refractivity (Wildman–Crippen MR) is 77.8 cm³/mol. The van der Waals surface area contributed by atoms with Crippen LogP contribution < -0.4 is 10.9 Å². The monoisotopic (exact) mass is 295 g/mol. The third-order valence-corrected chi connectivity index (χ3v) is 3.50. The van der Waals surface area contributed by atoms with Crippen molar-refractivity contribution in [3.05, 3.63) is 57.2 Å². The summed E-state index contributed by atoms with van der Waals surface area (Å²) in [7, 11) is 0. The van der Waals surface area contributed by atoms with Gasteiger partial charge in [0.2, 0.25) is 0 Å². The van der Waals surface area contributed by atoms with Gasteiger partial charge >= 0.3 is 0 Å². The van der Waals surface area contributed by atoms with E-state index in [9.17, 15) is 9.18 Å². The molecule has 0 spiro atoms. The van der Waals surface area contributed by atoms with Gasteiger partial charge < -0.3 is 5.32 Å². The lowest BCUT2D eigenvalue weighted by Crippen LogP contribution is -2.28. The van der Waals surface area contributed by atoms with E-state index in [-0.39, 0.29) is 16.3 Å². The number of aromatic nitrogens is 2. The van der Waals surface area contributed by atoms with Gasteiger partial charge in [-0.1, -0.05) is 37.6 Å². The van der Waals surface area contributed by atoms with Crippen LogP contribution in [0.2, 0.25) is 5.02 Å². The summed E-state index contributed by atoms with van der Waals surface area (Å²) >= 11 is 5.89. The van der Waals surface area contributed by atoms with Crippen LogP contribution in [0, 0.1) is 5.82 Å². The topological polar surface area (TPSA) is 57.8 Å². The van der Waals surface area contributed by atoms with Gasteiger partial charge in [-0.05, 0) is 17.7 Å². The summed E-state index contributed by atoms with van der Waals surface area (Å²) in [5.41, 5.74) is 0.549. The van der Waals surface area contributed by atoms with Crippen LogP contribution in [0.15, 0.2) is 35.3 Å². The third kappa shape index (κ3) is 3.17. The zero-order valence-electron chi connectivity index (χ0n) is 11.2. The SMILES string of the molecule is CC(C)(CNc1cn[nH]c(=O)c1Cl)c1cccc(F)c1. The highest BCUT2D eigenvalue weighted by molar-refractivity contribution is 6.32. The fraction of sp³-hybridized carbons (Fsp3) is 0.286. The Morgan fingerprint density at radius 3 is 2.90 bits per heavy atom. The highest BCUT2D eigenvalue weighted by Gasteiger charge is 2.21. The lowest BCUT2D eigenvalue weighted by Gasteiger charge is -2.26. The minimum absolute atomic E-state index is 0.0649. The van der Waals surface area contributed by atoms with E-state index in [0.717, 1.165) is 5.56 Å². The standard InChI is InChI=1S/C14H15ClFN3O/c1-14(2,9-4-3-5-10(16)6-9)8-17-11-7-18-19-13(20)12(11)15/h3-7H,8H2,1-2H3,(H2,17,19,20). The number of benzene rings is 1. The Morgan fingerprint density at radius 1 is 1.45 bits per heavy atom. The van der Waals surface area contributed by atoms with Crippen LogP contribution in [0.1, 0.15) is 19.4 Å². The van der Waals surface area contributed by atoms with E-state index in [1.807, 2.05) is 19.9 Å². The van der Waals surface area contributed by atoms with Crippen LogP contribution >= 0.6 is 11.6 Å². The molecule has 1 aromatic heterocycles. The van der Waals surface area contributed by atoms with Crippen molar-refractivity contribution < 1.29 is 4.39 Å². The molecular weight excluding hydrogens is 281 g/mol. The summed E-state index contributed by atoms with van der Waals surface area (Å²) in [4.78, 5) is 11.3. The van der Waals surface area contributed by atoms with Crippen LogP contribution in [-0.4, -0.2) is 16.7 Å². The molecule has 0 aliphatic heterocycles. The Bertz CT molecular complexity index is 669. The van der Waals surface area contributed by atoms with Gasteiger partial charge in [0, 0.05) is 12.0 Å². The van der Waals surface area contributed by atoms with E-state index in [0.29, 0.717) is 12.2 Å². The van der Waals surface area contributed by atoms with Gasteiger partial charge in [-0.25, -0.2) is 9.49 Å². The van der Waals surface area contributed by atoms with Crippen LogP contribution in [0.4, 0.5) is 10.1 Å². The Hall–Kier alpha value is -1.88. The van der Waals surface area contributed by atoms with Crippen molar-refractivity contribution in [1.29, 1.82) is 0 Å². The molecule has 0 aliphatic rings. The van der Waals surface area contributed by atoms with Gasteiger partial charge in [0.25, 0.3) is 5.56 Å². The van der Waals surface area contributed by atoms with Gasteiger partial charge in [0.05, 0.1) is 11.9 Å². The molecule has 0 bridgehead atoms. The van der Waals surface area contributed by atoms with Gasteiger partial charge in [-0.15, -0.1) is 0 Å². The van der Waals surface area contributed by atoms with E-state index in [1.54, 1.807) is 6.07 Å². The first-order chi connectivity index (χ1) is 9.40. The van der Waals surface area contributed by atoms with E-state index in [1.165, 1.54) is 18.3 Å². The fourth-order valence-electron chi connectivity index (χ4n) is 1.83. The number of H-pyrrole nitrogens is 1. The lowest BCUT2D eigenvalue weighted by atomic mass is 9.84. The first kappa shape index (κ1) is 14.5. The second-order valence-electron chi connectivity index (χ2n) is 5.17. The minimum Gasteiger partial charge on any atom is -0.381 e. The van der Waals surface area contributed by atoms with E-state index in [2.05, 4.69) is 15.5 Å². The molecule has 0 saturated carbocycles. The molecule has 0 unspecified atom stereocenters. The van der Waals surface area contributed by atoms with Crippen LogP contribution in [0.5, 0.6) is 0 Å². The van der Waals surface area contributed by atoms with Crippen LogP contribution in [0.3, 0.4) is 0 Å². The van der Waals surface area contributed by atoms with Crippen molar-refractivity contribution in [1.82, 2.24) is 10.2 Å². The molecule has 0 saturated heterocycles. The summed E-state index contributed by atoms with van der Waals surface area (Å²) in [6.07, 6.45) is 1.45. The van der Waals surface area contributed by atoms with Crippen LogP contribution in [-0.2, 0) is 5.41 Å². The second kappa shape index (κ2) is 5.63. The van der Waals surface area contributed by atoms with E-state index < -0.39 is 5.56 Å². The number of anilines is 1. The van der Waals surface area contributed by atoms with E-state index >= 15 is 0 Å². The molecule has 0 aliphatic carbocycles. The van der Waals surface area contributed by atoms with Crippen molar-refractivity contribution in [2.24, 2.45) is 0 Å². The Kier molecular flexibility index (Phi) is 4.09. The first-order valence-corrected chi connectivity index (χ1v) is 6.51. The molecule has 0 radical (unpaired) electrons. The normalized spacial score (nSPS) is 11.4. The highest BCUT2D eigenvalue weighted by atomic mass is 35.5. The van der Waals surface area contributed by atoms with Crippen molar-refractivity contribution in [3.8, 4) is 0 Å². The van der Waals surface area contributed by atoms with Gasteiger partial charge in [-0.2, -0.15) is 5.10 Å². The Morgan fingerprint density at radius 2 is 2.20 bits per heavy atom. The summed E-state index contributed by atoms with van der Waals surface area (Å²) in [5.74, 6) is -0.272. The molecule has 0 amide bonds. The lowest BCUT2D eigenvalue weighted by molar-refractivity contribution is 0.546. The maximum absolute atomic E-state index is 13.3. The van der Waals surface area contributed by atoms with E-state index in [4.69, 9.17) is 11.6 Å². The maximum Gasteiger partial charge on any atom is 0.285 e. The largest absolute Gasteiger partial charge is 0.381 e. The molecule has 0 atom stereocenters. The van der Waals surface area contributed by atoms with Gasteiger partial charge in [-0.3, -0.25) is 4.79 Å². The second-order valence-corrected chi connectivity index (χ2v) is 5.55. The first-order valence-electron chi connectivity index (χ1n) is 6.13. The number of rotatable bonds is 4. The minimum atomic E-state index is -0.444. The average molecular weight is 296 g/mol. The zero-order chi connectivity index (χ0) is 14.8. The van der Waals surface area contributed by atoms with Crippen molar-refractivity contribution in [2.75, 3.05) is 11.9 Å². The molecule has 2 N–H and O–H groups in total. The molecule has 20 heavy (non-hydrogen) atoms. The summed E-state index contributed by atoms with van der Waals surface area (Å²) < 4.78 is 13.3. The fourth-order valence-corrected chi connectivity index (χ4v) is 1.99. The number of hydrogen-bond donors (Lipinski definition) is 2. The number of nitrogens with one attached hydrogen (secondary N) is 2. The molecular formula is C14H15ClFN3O. The number of hydrogen-bond acceptors (Lipinski definition) is 3. The number of nitrogens with zero attached hydrogens (tertiary/aromatic N) is 1. The third-order valence-electron chi connectivity index (χ3n) is 3.12. The van der Waals surface area contributed by atoms with Crippen molar-refractivity contribution in [2.45, 2.75) is 19.3 Å². The Labute approximate surface area is 121 Å². The number of aromatic amines is 1. The molecule has 6 heteroatoms. The summed E-state index contributed by atoms with van der Waals surface area (Å²) in [6, 6.07) is 6.44. The zero-order valence-corrected chi connectivity index (χ0v) is 12.0. The molecule has 2 rings (SSSR count). The quantitative estimate of drug-likeness (QED) is 0.912. The van der Waals surface area contributed by atoms with Crippen molar-refractivity contribution >= 4 is 17.3 Å². The molecule has 0 fully saturated rings. The Balaban J connectivity index is 2.17. The molecule has 106 valence electrons. The maximum atomic E-state index is 13.3. The predicted octanol–water partition coefficient (Wildman–Crippen LogP) is 2.95. The van der Waals surface area contributed by atoms with Gasteiger partial charge in [0.1, 0.15) is 10.8 Å². The number of halogens is 2. The highest BCUT2D eigenvalue weighted by Crippen LogP contribution is 2.25. The molecule has 1 heterocycles. The summed E-state index contributed by atoms with van der Waals surface area (Å²) in [5, 5.41) is 9.08. The van der Waals surface area contributed by atoms with Crippen molar-refractivity contribution in [3.63, 3.8) is 0 Å². The summed E-state index contributed by atoms with van der Waals surface area (Å²) in [6.45, 7) is 4.44.